The predicted molar refractivity (Wildman–Crippen MR) is 71.6 cm³/mol. The van der Waals surface area contributed by atoms with E-state index < -0.39 is 0 Å². The van der Waals surface area contributed by atoms with Gasteiger partial charge < -0.3 is 5.32 Å². The van der Waals surface area contributed by atoms with Crippen molar-refractivity contribution >= 4 is 0 Å². The lowest BCUT2D eigenvalue weighted by Gasteiger charge is -2.18. The van der Waals surface area contributed by atoms with E-state index in [2.05, 4.69) is 19.2 Å². The fourth-order valence-electron chi connectivity index (χ4n) is 2.06. The Morgan fingerprint density at radius 3 is 2.53 bits per heavy atom. The highest BCUT2D eigenvalue weighted by Gasteiger charge is 2.11. The number of halogens is 1. The highest BCUT2D eigenvalue weighted by atomic mass is 19.1. The molecule has 1 nitrogen and oxygen atoms in total. The quantitative estimate of drug-likeness (QED) is 0.659. The van der Waals surface area contributed by atoms with E-state index in [1.807, 2.05) is 12.1 Å². The first-order chi connectivity index (χ1) is 8.29. The molecule has 0 saturated carbocycles. The summed E-state index contributed by atoms with van der Waals surface area (Å²) in [7, 11) is 0. The van der Waals surface area contributed by atoms with Crippen molar-refractivity contribution in [3.05, 3.63) is 35.6 Å². The van der Waals surface area contributed by atoms with Crippen molar-refractivity contribution in [2.75, 3.05) is 6.54 Å². The molecule has 0 aliphatic rings. The molecule has 1 rings (SSSR count). The fraction of sp³-hybridized carbons (Fsp3) is 0.600. The van der Waals surface area contributed by atoms with E-state index in [1.165, 1.54) is 31.7 Å². The molecule has 0 heterocycles. The predicted octanol–water partition coefficient (Wildman–Crippen LogP) is 4.45. The summed E-state index contributed by atoms with van der Waals surface area (Å²) in [5, 5.41) is 3.45. The zero-order valence-corrected chi connectivity index (χ0v) is 11.0. The van der Waals surface area contributed by atoms with Crippen molar-refractivity contribution < 1.29 is 4.39 Å². The number of hydrogen-bond acceptors (Lipinski definition) is 1. The van der Waals surface area contributed by atoms with Crippen molar-refractivity contribution in [2.45, 2.75) is 52.0 Å². The van der Waals surface area contributed by atoms with E-state index >= 15 is 0 Å². The van der Waals surface area contributed by atoms with Crippen molar-refractivity contribution in [2.24, 2.45) is 0 Å². The highest BCUT2D eigenvalue weighted by molar-refractivity contribution is 5.20. The summed E-state index contributed by atoms with van der Waals surface area (Å²) in [6.45, 7) is 5.28. The summed E-state index contributed by atoms with van der Waals surface area (Å²) in [5.41, 5.74) is 0.797. The average molecular weight is 237 g/mol. The topological polar surface area (TPSA) is 12.0 Å². The van der Waals surface area contributed by atoms with Gasteiger partial charge in [-0.3, -0.25) is 0 Å². The molecule has 1 N–H and O–H groups in total. The lowest BCUT2D eigenvalue weighted by molar-refractivity contribution is 0.475. The maximum absolute atomic E-state index is 13.6. The SMILES string of the molecule is CCCCCCNC(CC)c1ccccc1F. The largest absolute Gasteiger partial charge is 0.310 e. The maximum Gasteiger partial charge on any atom is 0.127 e. The molecule has 0 aromatic heterocycles. The zero-order valence-electron chi connectivity index (χ0n) is 11.0. The van der Waals surface area contributed by atoms with Gasteiger partial charge in [0.05, 0.1) is 0 Å². The minimum Gasteiger partial charge on any atom is -0.310 e. The van der Waals surface area contributed by atoms with Gasteiger partial charge in [-0.15, -0.1) is 0 Å². The lowest BCUT2D eigenvalue weighted by atomic mass is 10.0. The molecule has 0 radical (unpaired) electrons. The van der Waals surface area contributed by atoms with Crippen LogP contribution in [0.3, 0.4) is 0 Å². The Hall–Kier alpha value is -0.890. The first-order valence-electron chi connectivity index (χ1n) is 6.77. The molecular weight excluding hydrogens is 213 g/mol. The molecule has 0 aliphatic heterocycles. The first kappa shape index (κ1) is 14.2. The molecule has 2 heteroatoms. The summed E-state index contributed by atoms with van der Waals surface area (Å²) in [4.78, 5) is 0. The third-order valence-electron chi connectivity index (χ3n) is 3.11. The lowest BCUT2D eigenvalue weighted by Crippen LogP contribution is -2.22. The summed E-state index contributed by atoms with van der Waals surface area (Å²) in [6, 6.07) is 7.21. The highest BCUT2D eigenvalue weighted by Crippen LogP contribution is 2.19. The monoisotopic (exact) mass is 237 g/mol. The van der Waals surface area contributed by atoms with Crippen LogP contribution in [0.2, 0.25) is 0 Å². The van der Waals surface area contributed by atoms with Crippen LogP contribution in [0, 0.1) is 5.82 Å². The van der Waals surface area contributed by atoms with E-state index in [0.29, 0.717) is 0 Å². The molecule has 0 saturated heterocycles. The van der Waals surface area contributed by atoms with Crippen LogP contribution in [0.15, 0.2) is 24.3 Å². The third-order valence-corrected chi connectivity index (χ3v) is 3.11. The molecule has 1 aromatic carbocycles. The van der Waals surface area contributed by atoms with Crippen molar-refractivity contribution in [3.8, 4) is 0 Å². The van der Waals surface area contributed by atoms with Crippen LogP contribution in [0.4, 0.5) is 4.39 Å². The molecule has 0 bridgehead atoms. The second-order valence-electron chi connectivity index (χ2n) is 4.50. The van der Waals surface area contributed by atoms with Crippen LogP contribution < -0.4 is 5.32 Å². The Morgan fingerprint density at radius 1 is 1.12 bits per heavy atom. The minimum atomic E-state index is -0.0968. The van der Waals surface area contributed by atoms with Crippen LogP contribution in [0.25, 0.3) is 0 Å². The van der Waals surface area contributed by atoms with Crippen molar-refractivity contribution in [1.82, 2.24) is 5.32 Å². The summed E-state index contributed by atoms with van der Waals surface area (Å²) >= 11 is 0. The molecule has 1 atom stereocenters. The maximum atomic E-state index is 13.6. The molecule has 96 valence electrons. The molecule has 0 fully saturated rings. The van der Waals surface area contributed by atoms with Crippen molar-refractivity contribution in [1.29, 1.82) is 0 Å². The average Bonchev–Trinajstić information content (AvgIpc) is 2.35. The van der Waals surface area contributed by atoms with Gasteiger partial charge in [0.15, 0.2) is 0 Å². The second kappa shape index (κ2) is 8.24. The number of nitrogens with one attached hydrogen (secondary N) is 1. The van der Waals surface area contributed by atoms with Gasteiger partial charge in [0.1, 0.15) is 5.82 Å². The standard InChI is InChI=1S/C15H24FN/c1-3-5-6-9-12-17-15(4-2)13-10-7-8-11-14(13)16/h7-8,10-11,15,17H,3-6,9,12H2,1-2H3. The van der Waals surface area contributed by atoms with E-state index in [0.717, 1.165) is 18.5 Å². The molecule has 0 spiro atoms. The Labute approximate surface area is 104 Å². The molecule has 1 unspecified atom stereocenters. The number of rotatable bonds is 8. The van der Waals surface area contributed by atoms with Crippen LogP contribution >= 0.6 is 0 Å². The van der Waals surface area contributed by atoms with Crippen LogP contribution in [0.5, 0.6) is 0 Å². The van der Waals surface area contributed by atoms with Gasteiger partial charge in [-0.2, -0.15) is 0 Å². The van der Waals surface area contributed by atoms with Gasteiger partial charge in [0.25, 0.3) is 0 Å². The van der Waals surface area contributed by atoms with E-state index in [-0.39, 0.29) is 11.9 Å². The summed E-state index contributed by atoms with van der Waals surface area (Å²) in [5.74, 6) is -0.0968. The van der Waals surface area contributed by atoms with E-state index in [4.69, 9.17) is 0 Å². The van der Waals surface area contributed by atoms with Crippen LogP contribution in [-0.2, 0) is 0 Å². The van der Waals surface area contributed by atoms with Gasteiger partial charge in [-0.05, 0) is 25.5 Å². The van der Waals surface area contributed by atoms with Crippen LogP contribution in [-0.4, -0.2) is 6.54 Å². The summed E-state index contributed by atoms with van der Waals surface area (Å²) in [6.07, 6.45) is 5.91. The molecular formula is C15H24FN. The summed E-state index contributed by atoms with van der Waals surface area (Å²) < 4.78 is 13.6. The Morgan fingerprint density at radius 2 is 1.88 bits per heavy atom. The third kappa shape index (κ3) is 4.86. The van der Waals surface area contributed by atoms with E-state index in [1.54, 1.807) is 6.07 Å². The van der Waals surface area contributed by atoms with Gasteiger partial charge in [-0.1, -0.05) is 51.3 Å². The van der Waals surface area contributed by atoms with Gasteiger partial charge in [0.2, 0.25) is 0 Å². The number of benzene rings is 1. The fourth-order valence-corrected chi connectivity index (χ4v) is 2.06. The van der Waals surface area contributed by atoms with Gasteiger partial charge >= 0.3 is 0 Å². The Kier molecular flexibility index (Phi) is 6.87. The first-order valence-corrected chi connectivity index (χ1v) is 6.77. The molecule has 17 heavy (non-hydrogen) atoms. The molecule has 0 aliphatic carbocycles. The molecule has 1 aromatic rings. The van der Waals surface area contributed by atoms with Crippen LogP contribution in [0.1, 0.15) is 57.6 Å². The normalized spacial score (nSPS) is 12.6. The second-order valence-corrected chi connectivity index (χ2v) is 4.50. The van der Waals surface area contributed by atoms with E-state index in [9.17, 15) is 4.39 Å². The number of unbranched alkanes of at least 4 members (excludes halogenated alkanes) is 3. The van der Waals surface area contributed by atoms with Crippen molar-refractivity contribution in [3.63, 3.8) is 0 Å². The minimum absolute atomic E-state index is 0.0968. The smallest absolute Gasteiger partial charge is 0.127 e. The Bertz CT molecular complexity index is 312. The Balaban J connectivity index is 2.41. The van der Waals surface area contributed by atoms with Gasteiger partial charge in [0, 0.05) is 11.6 Å². The molecule has 0 amide bonds. The van der Waals surface area contributed by atoms with Gasteiger partial charge in [-0.25, -0.2) is 4.39 Å². The zero-order chi connectivity index (χ0) is 12.5. The number of hydrogen-bond donors (Lipinski definition) is 1.